The molecule has 1 saturated carbocycles. The van der Waals surface area contributed by atoms with E-state index >= 15 is 0 Å². The maximum absolute atomic E-state index is 3.60. The first-order valence-corrected chi connectivity index (χ1v) is 8.34. The predicted molar refractivity (Wildman–Crippen MR) is 89.9 cm³/mol. The van der Waals surface area contributed by atoms with Gasteiger partial charge in [-0.05, 0) is 57.9 Å². The van der Waals surface area contributed by atoms with E-state index in [-0.39, 0.29) is 0 Å². The van der Waals surface area contributed by atoms with Crippen LogP contribution in [0.4, 0.5) is 5.69 Å². The largest absolute Gasteiger partial charge is 0.368 e. The smallest absolute Gasteiger partial charge is 0.0397 e. The van der Waals surface area contributed by atoms with Gasteiger partial charge >= 0.3 is 0 Å². The fourth-order valence-corrected chi connectivity index (χ4v) is 3.33. The van der Waals surface area contributed by atoms with Crippen LogP contribution in [0.2, 0.25) is 0 Å². The van der Waals surface area contributed by atoms with Crippen LogP contribution in [0.3, 0.4) is 0 Å². The summed E-state index contributed by atoms with van der Waals surface area (Å²) < 4.78 is 0. The molecule has 1 aliphatic carbocycles. The van der Waals surface area contributed by atoms with Crippen molar-refractivity contribution in [2.45, 2.75) is 58.3 Å². The molecule has 116 valence electrons. The van der Waals surface area contributed by atoms with E-state index in [1.54, 1.807) is 0 Å². The van der Waals surface area contributed by atoms with Gasteiger partial charge in [0.05, 0.1) is 0 Å². The first-order valence-electron chi connectivity index (χ1n) is 8.34. The molecule has 1 N–H and O–H groups in total. The fourth-order valence-electron chi connectivity index (χ4n) is 3.33. The van der Waals surface area contributed by atoms with E-state index in [1.165, 1.54) is 29.7 Å². The standard InChI is InChI=1S/C18H29N3/c1-13-9-16(10-19-17-6-7-17)5-8-18(13)21-11-14(2)20(4)15(3)12-21/h5,8-9,14-15,17,19H,6-7,10-12H2,1-4H3. The molecule has 1 aliphatic heterocycles. The maximum atomic E-state index is 3.60. The zero-order valence-corrected chi connectivity index (χ0v) is 13.9. The molecule has 3 heteroatoms. The Bertz CT molecular complexity index is 483. The minimum absolute atomic E-state index is 0.615. The molecule has 1 heterocycles. The van der Waals surface area contributed by atoms with Gasteiger partial charge in [-0.3, -0.25) is 4.90 Å². The molecule has 1 saturated heterocycles. The Labute approximate surface area is 129 Å². The van der Waals surface area contributed by atoms with E-state index in [4.69, 9.17) is 0 Å². The molecule has 0 bridgehead atoms. The van der Waals surface area contributed by atoms with Crippen molar-refractivity contribution in [2.24, 2.45) is 0 Å². The monoisotopic (exact) mass is 287 g/mol. The lowest BCUT2D eigenvalue weighted by Crippen LogP contribution is -2.55. The summed E-state index contributed by atoms with van der Waals surface area (Å²) in [4.78, 5) is 5.04. The molecule has 3 nitrogen and oxygen atoms in total. The minimum Gasteiger partial charge on any atom is -0.368 e. The van der Waals surface area contributed by atoms with Crippen LogP contribution in [0.1, 0.15) is 37.8 Å². The summed E-state index contributed by atoms with van der Waals surface area (Å²) in [6.45, 7) is 10.2. The number of aryl methyl sites for hydroxylation is 1. The number of hydrogen-bond acceptors (Lipinski definition) is 3. The Balaban J connectivity index is 1.69. The van der Waals surface area contributed by atoms with Crippen molar-refractivity contribution in [1.82, 2.24) is 10.2 Å². The molecule has 1 aromatic carbocycles. The quantitative estimate of drug-likeness (QED) is 0.918. The number of benzene rings is 1. The summed E-state index contributed by atoms with van der Waals surface area (Å²) in [6, 6.07) is 8.99. The van der Waals surface area contributed by atoms with Gasteiger partial charge < -0.3 is 10.2 Å². The third-order valence-corrected chi connectivity index (χ3v) is 5.13. The number of anilines is 1. The summed E-state index contributed by atoms with van der Waals surface area (Å²) in [5.74, 6) is 0. The lowest BCUT2D eigenvalue weighted by molar-refractivity contribution is 0.170. The van der Waals surface area contributed by atoms with E-state index in [0.29, 0.717) is 12.1 Å². The van der Waals surface area contributed by atoms with E-state index in [0.717, 1.165) is 25.7 Å². The van der Waals surface area contributed by atoms with Crippen LogP contribution in [0.25, 0.3) is 0 Å². The van der Waals surface area contributed by atoms with Gasteiger partial charge in [0.25, 0.3) is 0 Å². The van der Waals surface area contributed by atoms with E-state index in [1.807, 2.05) is 0 Å². The first-order chi connectivity index (χ1) is 10.0. The number of rotatable bonds is 4. The zero-order chi connectivity index (χ0) is 15.0. The average molecular weight is 287 g/mol. The molecule has 0 aromatic heterocycles. The van der Waals surface area contributed by atoms with Crippen molar-refractivity contribution in [3.05, 3.63) is 29.3 Å². The van der Waals surface area contributed by atoms with Crippen LogP contribution in [-0.4, -0.2) is 43.2 Å². The normalized spacial score (nSPS) is 27.1. The van der Waals surface area contributed by atoms with Crippen molar-refractivity contribution < 1.29 is 0 Å². The molecular formula is C18H29N3. The van der Waals surface area contributed by atoms with Crippen molar-refractivity contribution in [3.63, 3.8) is 0 Å². The summed E-state index contributed by atoms with van der Waals surface area (Å²) in [7, 11) is 2.24. The lowest BCUT2D eigenvalue weighted by atomic mass is 10.0. The molecule has 2 fully saturated rings. The molecule has 3 rings (SSSR count). The molecule has 2 atom stereocenters. The van der Waals surface area contributed by atoms with Gasteiger partial charge in [0.2, 0.25) is 0 Å². The highest BCUT2D eigenvalue weighted by Gasteiger charge is 2.27. The van der Waals surface area contributed by atoms with Crippen molar-refractivity contribution >= 4 is 5.69 Å². The summed E-state index contributed by atoms with van der Waals surface area (Å²) in [6.07, 6.45) is 2.71. The second-order valence-electron chi connectivity index (χ2n) is 7.04. The van der Waals surface area contributed by atoms with Crippen molar-refractivity contribution in [2.75, 3.05) is 25.0 Å². The minimum atomic E-state index is 0.615. The highest BCUT2D eigenvalue weighted by Crippen LogP contribution is 2.26. The number of nitrogens with zero attached hydrogens (tertiary/aromatic N) is 2. The molecule has 0 radical (unpaired) electrons. The van der Waals surface area contributed by atoms with Crippen LogP contribution in [-0.2, 0) is 6.54 Å². The van der Waals surface area contributed by atoms with Crippen LogP contribution < -0.4 is 10.2 Å². The second kappa shape index (κ2) is 5.98. The second-order valence-corrected chi connectivity index (χ2v) is 7.04. The molecule has 0 spiro atoms. The lowest BCUT2D eigenvalue weighted by Gasteiger charge is -2.44. The maximum Gasteiger partial charge on any atom is 0.0397 e. The fraction of sp³-hybridized carbons (Fsp3) is 0.667. The van der Waals surface area contributed by atoms with Gasteiger partial charge in [-0.25, -0.2) is 0 Å². The van der Waals surface area contributed by atoms with Crippen LogP contribution >= 0.6 is 0 Å². The number of likely N-dealkylation sites (N-methyl/N-ethyl adjacent to an activating group) is 1. The Morgan fingerprint density at radius 1 is 1.14 bits per heavy atom. The average Bonchev–Trinajstić information content (AvgIpc) is 3.26. The third-order valence-electron chi connectivity index (χ3n) is 5.13. The number of piperazine rings is 1. The predicted octanol–water partition coefficient (Wildman–Crippen LogP) is 2.78. The highest BCUT2D eigenvalue weighted by molar-refractivity contribution is 5.55. The number of hydrogen-bond donors (Lipinski definition) is 1. The molecule has 21 heavy (non-hydrogen) atoms. The number of nitrogens with one attached hydrogen (secondary N) is 1. The molecule has 2 unspecified atom stereocenters. The van der Waals surface area contributed by atoms with Crippen molar-refractivity contribution in [3.8, 4) is 0 Å². The van der Waals surface area contributed by atoms with Crippen LogP contribution in [0, 0.1) is 6.92 Å². The van der Waals surface area contributed by atoms with E-state index < -0.39 is 0 Å². The topological polar surface area (TPSA) is 18.5 Å². The molecular weight excluding hydrogens is 258 g/mol. The zero-order valence-electron chi connectivity index (χ0n) is 13.9. The van der Waals surface area contributed by atoms with Gasteiger partial charge in [0.15, 0.2) is 0 Å². The van der Waals surface area contributed by atoms with Crippen LogP contribution in [0.5, 0.6) is 0 Å². The Kier molecular flexibility index (Phi) is 4.23. The Hall–Kier alpha value is -1.06. The highest BCUT2D eigenvalue weighted by atomic mass is 15.3. The third kappa shape index (κ3) is 3.41. The molecule has 1 aromatic rings. The van der Waals surface area contributed by atoms with Gasteiger partial charge in [-0.2, -0.15) is 0 Å². The Morgan fingerprint density at radius 2 is 1.81 bits per heavy atom. The summed E-state index contributed by atoms with van der Waals surface area (Å²) >= 11 is 0. The Morgan fingerprint density at radius 3 is 2.38 bits per heavy atom. The van der Waals surface area contributed by atoms with Gasteiger partial charge in [-0.15, -0.1) is 0 Å². The van der Waals surface area contributed by atoms with Gasteiger partial charge in [0.1, 0.15) is 0 Å². The van der Waals surface area contributed by atoms with Crippen molar-refractivity contribution in [1.29, 1.82) is 0 Å². The molecule has 2 aliphatic rings. The first kappa shape index (κ1) is 14.9. The summed E-state index contributed by atoms with van der Waals surface area (Å²) in [5, 5.41) is 3.60. The SMILES string of the molecule is Cc1cc(CNC2CC2)ccc1N1CC(C)N(C)C(C)C1. The van der Waals surface area contributed by atoms with Crippen LogP contribution in [0.15, 0.2) is 18.2 Å². The van der Waals surface area contributed by atoms with Gasteiger partial charge in [0, 0.05) is 43.4 Å². The van der Waals surface area contributed by atoms with E-state index in [2.05, 4.69) is 61.1 Å². The summed E-state index contributed by atoms with van der Waals surface area (Å²) in [5.41, 5.74) is 4.24. The molecule has 0 amide bonds. The van der Waals surface area contributed by atoms with E-state index in [9.17, 15) is 0 Å². The van der Waals surface area contributed by atoms with Gasteiger partial charge in [-0.1, -0.05) is 12.1 Å².